The molecule has 2 aromatic rings. The fraction of sp³-hybridized carbons (Fsp3) is 0.375. The van der Waals surface area contributed by atoms with E-state index in [2.05, 4.69) is 16.0 Å². The van der Waals surface area contributed by atoms with E-state index in [1.807, 2.05) is 0 Å². The van der Waals surface area contributed by atoms with Gasteiger partial charge in [-0.05, 0) is 67.5 Å². The molecular weight excluding hydrogens is 462 g/mol. The molecular formula is C24H28ClN3O4S. The summed E-state index contributed by atoms with van der Waals surface area (Å²) in [6.07, 6.45) is 5.42. The third-order valence-corrected chi connectivity index (χ3v) is 5.84. The van der Waals surface area contributed by atoms with Crippen molar-refractivity contribution in [3.05, 3.63) is 58.6 Å². The van der Waals surface area contributed by atoms with E-state index in [0.717, 1.165) is 25.7 Å². The maximum absolute atomic E-state index is 12.7. The van der Waals surface area contributed by atoms with Gasteiger partial charge in [-0.2, -0.15) is 0 Å². The summed E-state index contributed by atoms with van der Waals surface area (Å²) in [7, 11) is 1.60. The summed E-state index contributed by atoms with van der Waals surface area (Å²) in [6.45, 7) is 0.911. The molecule has 1 aliphatic carbocycles. The summed E-state index contributed by atoms with van der Waals surface area (Å²) in [5, 5.41) is 9.10. The molecule has 0 unspecified atom stereocenters. The summed E-state index contributed by atoms with van der Waals surface area (Å²) < 4.78 is 10.4. The number of methoxy groups -OCH3 is 1. The molecule has 33 heavy (non-hydrogen) atoms. The van der Waals surface area contributed by atoms with E-state index in [0.29, 0.717) is 40.8 Å². The fourth-order valence-corrected chi connectivity index (χ4v) is 3.98. The van der Waals surface area contributed by atoms with Gasteiger partial charge in [0.15, 0.2) is 5.11 Å². The standard InChI is InChI=1S/C24H28ClN3O4S/c1-31-13-14-32-19-10-7-16(8-11-19)22(29)28-24(33)27-18-9-12-21(25)20(15-18)23(30)26-17-5-3-2-4-6-17/h7-12,15,17H,2-6,13-14H2,1H3,(H,26,30)(H2,27,28,29,33). The van der Waals surface area contributed by atoms with Crippen LogP contribution in [-0.4, -0.2) is 43.3 Å². The van der Waals surface area contributed by atoms with Crippen LogP contribution in [0, 0.1) is 0 Å². The first-order valence-electron chi connectivity index (χ1n) is 10.9. The maximum atomic E-state index is 12.7. The van der Waals surface area contributed by atoms with Crippen molar-refractivity contribution in [3.63, 3.8) is 0 Å². The third kappa shape index (κ3) is 7.70. The number of carbonyl (C=O) groups excluding carboxylic acids is 2. The summed E-state index contributed by atoms with van der Waals surface area (Å²) in [5.74, 6) is 0.0722. The Hall–Kier alpha value is -2.68. The summed E-state index contributed by atoms with van der Waals surface area (Å²) in [4.78, 5) is 25.2. The van der Waals surface area contributed by atoms with E-state index in [9.17, 15) is 9.59 Å². The van der Waals surface area contributed by atoms with Crippen molar-refractivity contribution in [3.8, 4) is 5.75 Å². The van der Waals surface area contributed by atoms with E-state index >= 15 is 0 Å². The van der Waals surface area contributed by atoms with E-state index in [4.69, 9.17) is 33.3 Å². The molecule has 0 bridgehead atoms. The van der Waals surface area contributed by atoms with Gasteiger partial charge in [0, 0.05) is 24.4 Å². The smallest absolute Gasteiger partial charge is 0.257 e. The zero-order valence-corrected chi connectivity index (χ0v) is 20.1. The van der Waals surface area contributed by atoms with E-state index in [1.165, 1.54) is 6.42 Å². The summed E-state index contributed by atoms with van der Waals surface area (Å²) >= 11 is 11.5. The van der Waals surface area contributed by atoms with Crippen molar-refractivity contribution in [1.82, 2.24) is 10.6 Å². The molecule has 0 spiro atoms. The van der Waals surface area contributed by atoms with Gasteiger partial charge in [-0.1, -0.05) is 30.9 Å². The Morgan fingerprint density at radius 2 is 1.76 bits per heavy atom. The van der Waals surface area contributed by atoms with Crippen molar-refractivity contribution in [2.24, 2.45) is 0 Å². The van der Waals surface area contributed by atoms with Crippen LogP contribution in [0.1, 0.15) is 52.8 Å². The second-order valence-corrected chi connectivity index (χ2v) is 8.59. The van der Waals surface area contributed by atoms with Crippen LogP contribution in [0.2, 0.25) is 5.02 Å². The molecule has 0 aliphatic heterocycles. The normalized spacial score (nSPS) is 13.8. The van der Waals surface area contributed by atoms with Gasteiger partial charge in [0.05, 0.1) is 17.2 Å². The van der Waals surface area contributed by atoms with Crippen molar-refractivity contribution >= 4 is 46.4 Å². The molecule has 3 N–H and O–H groups in total. The second-order valence-electron chi connectivity index (χ2n) is 7.78. The predicted molar refractivity (Wildman–Crippen MR) is 133 cm³/mol. The lowest BCUT2D eigenvalue weighted by atomic mass is 9.95. The molecule has 9 heteroatoms. The number of ether oxygens (including phenoxy) is 2. The molecule has 0 heterocycles. The van der Waals surface area contributed by atoms with Crippen molar-refractivity contribution in [2.45, 2.75) is 38.1 Å². The average Bonchev–Trinajstić information content (AvgIpc) is 2.81. The molecule has 176 valence electrons. The Labute approximate surface area is 204 Å². The highest BCUT2D eigenvalue weighted by Gasteiger charge is 2.19. The highest BCUT2D eigenvalue weighted by Crippen LogP contribution is 2.23. The minimum Gasteiger partial charge on any atom is -0.491 e. The van der Waals surface area contributed by atoms with Crippen LogP contribution >= 0.6 is 23.8 Å². The van der Waals surface area contributed by atoms with Crippen molar-refractivity contribution in [1.29, 1.82) is 0 Å². The Balaban J connectivity index is 1.55. The molecule has 3 rings (SSSR count). The lowest BCUT2D eigenvalue weighted by molar-refractivity contribution is 0.0926. The molecule has 0 atom stereocenters. The second kappa shape index (κ2) is 12.5. The van der Waals surface area contributed by atoms with Crippen LogP contribution in [0.5, 0.6) is 5.75 Å². The monoisotopic (exact) mass is 489 g/mol. The van der Waals surface area contributed by atoms with Gasteiger partial charge in [0.1, 0.15) is 12.4 Å². The number of thiocarbonyl (C=S) groups is 1. The van der Waals surface area contributed by atoms with E-state index < -0.39 is 0 Å². The van der Waals surface area contributed by atoms with Crippen molar-refractivity contribution < 1.29 is 19.1 Å². The lowest BCUT2D eigenvalue weighted by Crippen LogP contribution is -2.36. The lowest BCUT2D eigenvalue weighted by Gasteiger charge is -2.23. The first-order valence-corrected chi connectivity index (χ1v) is 11.7. The fourth-order valence-electron chi connectivity index (χ4n) is 3.57. The number of hydrogen-bond acceptors (Lipinski definition) is 5. The van der Waals surface area contributed by atoms with Gasteiger partial charge >= 0.3 is 0 Å². The number of halogens is 1. The number of carbonyl (C=O) groups is 2. The summed E-state index contributed by atoms with van der Waals surface area (Å²) in [5.41, 5.74) is 1.35. The van der Waals surface area contributed by atoms with Crippen LogP contribution in [0.4, 0.5) is 5.69 Å². The number of benzene rings is 2. The Kier molecular flexibility index (Phi) is 9.47. The molecule has 0 saturated heterocycles. The van der Waals surface area contributed by atoms with Gasteiger partial charge in [-0.25, -0.2) is 0 Å². The first kappa shape index (κ1) is 25.0. The topological polar surface area (TPSA) is 88.7 Å². The Morgan fingerprint density at radius 1 is 1.03 bits per heavy atom. The molecule has 2 amide bonds. The number of hydrogen-bond donors (Lipinski definition) is 3. The molecule has 2 aromatic carbocycles. The van der Waals surface area contributed by atoms with Crippen molar-refractivity contribution in [2.75, 3.05) is 25.6 Å². The van der Waals surface area contributed by atoms with E-state index in [-0.39, 0.29) is 23.0 Å². The highest BCUT2D eigenvalue weighted by atomic mass is 35.5. The van der Waals surface area contributed by atoms with Crippen LogP contribution < -0.4 is 20.7 Å². The number of rotatable bonds is 8. The van der Waals surface area contributed by atoms with Gasteiger partial charge in [0.2, 0.25) is 0 Å². The van der Waals surface area contributed by atoms with Gasteiger partial charge in [-0.15, -0.1) is 0 Å². The van der Waals surface area contributed by atoms with Crippen LogP contribution in [0.15, 0.2) is 42.5 Å². The zero-order valence-electron chi connectivity index (χ0n) is 18.5. The third-order valence-electron chi connectivity index (χ3n) is 5.31. The maximum Gasteiger partial charge on any atom is 0.257 e. The molecule has 7 nitrogen and oxygen atoms in total. The van der Waals surface area contributed by atoms with Crippen LogP contribution in [0.25, 0.3) is 0 Å². The largest absolute Gasteiger partial charge is 0.491 e. The van der Waals surface area contributed by atoms with Gasteiger partial charge in [0.25, 0.3) is 11.8 Å². The van der Waals surface area contributed by atoms with Crippen LogP contribution in [0.3, 0.4) is 0 Å². The zero-order chi connectivity index (χ0) is 23.6. The van der Waals surface area contributed by atoms with Gasteiger partial charge < -0.3 is 20.1 Å². The SMILES string of the molecule is COCCOc1ccc(C(=O)NC(=S)Nc2ccc(Cl)c(C(=O)NC3CCCCC3)c2)cc1. The molecule has 1 saturated carbocycles. The first-order chi connectivity index (χ1) is 16.0. The van der Waals surface area contributed by atoms with Gasteiger partial charge in [-0.3, -0.25) is 14.9 Å². The van der Waals surface area contributed by atoms with E-state index in [1.54, 1.807) is 49.6 Å². The average molecular weight is 490 g/mol. The quantitative estimate of drug-likeness (QED) is 0.372. The minimum atomic E-state index is -0.361. The number of amides is 2. The molecule has 0 radical (unpaired) electrons. The summed E-state index contributed by atoms with van der Waals surface area (Å²) in [6, 6.07) is 11.8. The van der Waals surface area contributed by atoms with Crippen LogP contribution in [-0.2, 0) is 4.74 Å². The number of nitrogens with one attached hydrogen (secondary N) is 3. The molecule has 1 fully saturated rings. The number of anilines is 1. The highest BCUT2D eigenvalue weighted by molar-refractivity contribution is 7.80. The molecule has 1 aliphatic rings. The Bertz CT molecular complexity index is 978. The minimum absolute atomic E-state index is 0.112. The molecule has 0 aromatic heterocycles. The Morgan fingerprint density at radius 3 is 2.45 bits per heavy atom. The predicted octanol–water partition coefficient (Wildman–Crippen LogP) is 4.55.